The van der Waals surface area contributed by atoms with Crippen LogP contribution in [0.2, 0.25) is 0 Å². The van der Waals surface area contributed by atoms with Gasteiger partial charge in [0.25, 0.3) is 0 Å². The zero-order valence-corrected chi connectivity index (χ0v) is 9.52. The Balaban J connectivity index is 2.61. The van der Waals surface area contributed by atoms with E-state index >= 15 is 0 Å². The molecule has 0 saturated carbocycles. The summed E-state index contributed by atoms with van der Waals surface area (Å²) in [6, 6.07) is 3.70. The van der Waals surface area contributed by atoms with Crippen LogP contribution in [0.5, 0.6) is 11.6 Å². The molecular formula is C12H14N2O2. The molecule has 0 aliphatic heterocycles. The van der Waals surface area contributed by atoms with Crippen LogP contribution in [-0.2, 0) is 7.05 Å². The largest absolute Gasteiger partial charge is 0.507 e. The second-order valence-electron chi connectivity index (χ2n) is 3.99. The van der Waals surface area contributed by atoms with Crippen LogP contribution in [0.25, 0.3) is 11.4 Å². The number of hydrogen-bond donors (Lipinski definition) is 2. The van der Waals surface area contributed by atoms with E-state index < -0.39 is 0 Å². The van der Waals surface area contributed by atoms with Gasteiger partial charge in [0, 0.05) is 12.6 Å². The maximum Gasteiger partial charge on any atom is 0.229 e. The van der Waals surface area contributed by atoms with Crippen LogP contribution >= 0.6 is 0 Å². The normalized spacial score (nSPS) is 10.7. The van der Waals surface area contributed by atoms with Gasteiger partial charge >= 0.3 is 0 Å². The molecule has 0 aliphatic rings. The lowest BCUT2D eigenvalue weighted by atomic mass is 10.1. The number of benzene rings is 1. The van der Waals surface area contributed by atoms with E-state index in [0.717, 1.165) is 16.7 Å². The summed E-state index contributed by atoms with van der Waals surface area (Å²) >= 11 is 0. The van der Waals surface area contributed by atoms with E-state index in [0.29, 0.717) is 11.6 Å². The van der Waals surface area contributed by atoms with E-state index in [9.17, 15) is 10.2 Å². The van der Waals surface area contributed by atoms with Crippen LogP contribution < -0.4 is 0 Å². The Morgan fingerprint density at radius 3 is 2.12 bits per heavy atom. The average molecular weight is 218 g/mol. The van der Waals surface area contributed by atoms with Gasteiger partial charge in [0.15, 0.2) is 0 Å². The van der Waals surface area contributed by atoms with Crippen molar-refractivity contribution in [1.82, 2.24) is 9.55 Å². The molecule has 16 heavy (non-hydrogen) atoms. The Hall–Kier alpha value is -1.97. The summed E-state index contributed by atoms with van der Waals surface area (Å²) < 4.78 is 1.75. The number of imidazole rings is 1. The zero-order chi connectivity index (χ0) is 11.9. The predicted octanol–water partition coefficient (Wildman–Crippen LogP) is 2.12. The fourth-order valence-corrected chi connectivity index (χ4v) is 1.80. The monoisotopic (exact) mass is 218 g/mol. The maximum absolute atomic E-state index is 9.68. The van der Waals surface area contributed by atoms with Crippen LogP contribution in [0.15, 0.2) is 18.3 Å². The number of hydrogen-bond acceptors (Lipinski definition) is 3. The standard InChI is InChI=1S/C12H14N2O2/c1-7-4-9(5-8(2)11(7)16)12-13-10(15)6-14(12)3/h4-6,15-16H,1-3H3. The molecule has 0 saturated heterocycles. The second-order valence-corrected chi connectivity index (χ2v) is 3.99. The first-order chi connectivity index (χ1) is 7.49. The Bertz CT molecular complexity index is 521. The van der Waals surface area contributed by atoms with Gasteiger partial charge in [-0.2, -0.15) is 4.98 Å². The molecule has 2 N–H and O–H groups in total. The molecule has 0 aliphatic carbocycles. The topological polar surface area (TPSA) is 58.3 Å². The zero-order valence-electron chi connectivity index (χ0n) is 9.52. The van der Waals surface area contributed by atoms with Crippen molar-refractivity contribution in [2.45, 2.75) is 13.8 Å². The SMILES string of the molecule is Cc1cc(-c2nc(O)cn2C)cc(C)c1O. The van der Waals surface area contributed by atoms with Gasteiger partial charge in [-0.15, -0.1) is 0 Å². The molecular weight excluding hydrogens is 204 g/mol. The number of aromatic nitrogens is 2. The number of phenols is 1. The first-order valence-electron chi connectivity index (χ1n) is 5.02. The molecule has 0 unspecified atom stereocenters. The van der Waals surface area contributed by atoms with Crippen molar-refractivity contribution in [1.29, 1.82) is 0 Å². The van der Waals surface area contributed by atoms with Crippen LogP contribution in [0.4, 0.5) is 0 Å². The summed E-state index contributed by atoms with van der Waals surface area (Å²) in [5.74, 6) is 0.992. The second kappa shape index (κ2) is 3.56. The van der Waals surface area contributed by atoms with Crippen LogP contribution in [0.3, 0.4) is 0 Å². The number of nitrogens with zero attached hydrogens (tertiary/aromatic N) is 2. The van der Waals surface area contributed by atoms with Gasteiger partial charge < -0.3 is 14.8 Å². The van der Waals surface area contributed by atoms with Crippen LogP contribution in [-0.4, -0.2) is 19.8 Å². The van der Waals surface area contributed by atoms with Crippen molar-refractivity contribution in [2.24, 2.45) is 7.05 Å². The number of rotatable bonds is 1. The molecule has 0 amide bonds. The van der Waals surface area contributed by atoms with Crippen molar-refractivity contribution in [2.75, 3.05) is 0 Å². The van der Waals surface area contributed by atoms with Crippen LogP contribution in [0.1, 0.15) is 11.1 Å². The lowest BCUT2D eigenvalue weighted by Gasteiger charge is -2.07. The first kappa shape index (κ1) is 10.5. The third kappa shape index (κ3) is 1.62. The van der Waals surface area contributed by atoms with Gasteiger partial charge in [-0.25, -0.2) is 0 Å². The van der Waals surface area contributed by atoms with Gasteiger partial charge in [-0.05, 0) is 37.1 Å². The molecule has 0 bridgehead atoms. The van der Waals surface area contributed by atoms with Crippen LogP contribution in [0, 0.1) is 13.8 Å². The van der Waals surface area contributed by atoms with Gasteiger partial charge in [0.05, 0.1) is 6.20 Å². The van der Waals surface area contributed by atoms with E-state index in [-0.39, 0.29) is 5.88 Å². The molecule has 0 fully saturated rings. The summed E-state index contributed by atoms with van der Waals surface area (Å²) in [4.78, 5) is 4.03. The molecule has 4 nitrogen and oxygen atoms in total. The fourth-order valence-electron chi connectivity index (χ4n) is 1.80. The molecule has 0 atom stereocenters. The maximum atomic E-state index is 9.68. The third-order valence-electron chi connectivity index (χ3n) is 2.61. The smallest absolute Gasteiger partial charge is 0.229 e. The lowest BCUT2D eigenvalue weighted by molar-refractivity contribution is 0.456. The van der Waals surface area contributed by atoms with Gasteiger partial charge in [0.2, 0.25) is 5.88 Å². The Morgan fingerprint density at radius 2 is 1.69 bits per heavy atom. The first-order valence-corrected chi connectivity index (χ1v) is 5.02. The Kier molecular flexibility index (Phi) is 2.34. The number of aryl methyl sites for hydroxylation is 3. The quantitative estimate of drug-likeness (QED) is 0.770. The molecule has 1 aromatic heterocycles. The Morgan fingerprint density at radius 1 is 1.12 bits per heavy atom. The highest BCUT2D eigenvalue weighted by Crippen LogP contribution is 2.29. The summed E-state index contributed by atoms with van der Waals surface area (Å²) in [7, 11) is 1.82. The van der Waals surface area contributed by atoms with E-state index in [2.05, 4.69) is 4.98 Å². The highest BCUT2D eigenvalue weighted by Gasteiger charge is 2.10. The minimum atomic E-state index is 0.000816. The van der Waals surface area contributed by atoms with E-state index in [1.807, 2.05) is 33.0 Å². The lowest BCUT2D eigenvalue weighted by Crippen LogP contribution is -1.93. The van der Waals surface area contributed by atoms with E-state index in [1.54, 1.807) is 10.8 Å². The van der Waals surface area contributed by atoms with Crippen molar-refractivity contribution in [3.05, 3.63) is 29.5 Å². The highest BCUT2D eigenvalue weighted by atomic mass is 16.3. The number of phenolic OH excluding ortho intramolecular Hbond substituents is 1. The molecule has 4 heteroatoms. The summed E-state index contributed by atoms with van der Waals surface area (Å²) in [6.45, 7) is 3.68. The van der Waals surface area contributed by atoms with E-state index in [4.69, 9.17) is 0 Å². The minimum Gasteiger partial charge on any atom is -0.507 e. The molecule has 2 rings (SSSR count). The summed E-state index contributed by atoms with van der Waals surface area (Å²) in [5.41, 5.74) is 2.49. The average Bonchev–Trinajstić information content (AvgIpc) is 2.53. The fraction of sp³-hybridized carbons (Fsp3) is 0.250. The van der Waals surface area contributed by atoms with Gasteiger partial charge in [-0.3, -0.25) is 0 Å². The predicted molar refractivity (Wildman–Crippen MR) is 61.4 cm³/mol. The molecule has 1 heterocycles. The Labute approximate surface area is 93.8 Å². The molecule has 0 radical (unpaired) electrons. The minimum absolute atomic E-state index is 0.000816. The molecule has 0 spiro atoms. The highest BCUT2D eigenvalue weighted by molar-refractivity contribution is 5.62. The summed E-state index contributed by atoms with van der Waals surface area (Å²) in [6.07, 6.45) is 1.55. The van der Waals surface area contributed by atoms with E-state index in [1.165, 1.54) is 0 Å². The van der Waals surface area contributed by atoms with Crippen molar-refractivity contribution >= 4 is 0 Å². The molecule has 84 valence electrons. The molecule has 1 aromatic carbocycles. The van der Waals surface area contributed by atoms with Crippen molar-refractivity contribution < 1.29 is 10.2 Å². The number of aromatic hydroxyl groups is 2. The summed E-state index contributed by atoms with van der Waals surface area (Å²) in [5, 5.41) is 19.0. The van der Waals surface area contributed by atoms with Crippen molar-refractivity contribution in [3.8, 4) is 23.0 Å². The van der Waals surface area contributed by atoms with Gasteiger partial charge in [0.1, 0.15) is 11.6 Å². The van der Waals surface area contributed by atoms with Gasteiger partial charge in [-0.1, -0.05) is 0 Å². The molecule has 2 aromatic rings. The van der Waals surface area contributed by atoms with Crippen molar-refractivity contribution in [3.63, 3.8) is 0 Å². The third-order valence-corrected chi connectivity index (χ3v) is 2.61.